The van der Waals surface area contributed by atoms with Crippen LogP contribution in [0.5, 0.6) is 5.75 Å². The van der Waals surface area contributed by atoms with Gasteiger partial charge in [0.2, 0.25) is 0 Å². The average molecular weight is 335 g/mol. The number of rotatable bonds is 7. The Bertz CT molecular complexity index is 642. The molecule has 2 aromatic rings. The van der Waals surface area contributed by atoms with E-state index >= 15 is 0 Å². The molecule has 5 nitrogen and oxygen atoms in total. The summed E-state index contributed by atoms with van der Waals surface area (Å²) in [6.45, 7) is 0.861. The van der Waals surface area contributed by atoms with Crippen molar-refractivity contribution in [3.8, 4) is 5.75 Å². The van der Waals surface area contributed by atoms with Crippen molar-refractivity contribution in [2.45, 2.75) is 12.5 Å². The molecule has 2 rings (SSSR count). The maximum Gasteiger partial charge on any atom is 0.269 e. The number of nitro groups is 1. The molecule has 0 aliphatic carbocycles. The minimum atomic E-state index is -0.424. The van der Waals surface area contributed by atoms with Gasteiger partial charge in [-0.25, -0.2) is 0 Å². The third-order valence-corrected chi connectivity index (χ3v) is 3.66. The fourth-order valence-electron chi connectivity index (χ4n) is 2.16. The van der Waals surface area contributed by atoms with E-state index in [1.165, 1.54) is 12.1 Å². The Morgan fingerprint density at radius 1 is 1.13 bits per heavy atom. The third kappa shape index (κ3) is 5.23. The fourth-order valence-corrected chi connectivity index (χ4v) is 2.28. The number of hydrogen-bond donors (Lipinski definition) is 0. The number of halogens is 1. The van der Waals surface area contributed by atoms with Crippen LogP contribution in [0, 0.1) is 10.1 Å². The number of hydrogen-bond acceptors (Lipinski definition) is 4. The third-order valence-electron chi connectivity index (χ3n) is 3.41. The Balaban J connectivity index is 2.16. The van der Waals surface area contributed by atoms with Gasteiger partial charge in [-0.1, -0.05) is 23.7 Å². The lowest BCUT2D eigenvalue weighted by Gasteiger charge is -2.21. The van der Waals surface area contributed by atoms with Gasteiger partial charge >= 0.3 is 0 Å². The van der Waals surface area contributed by atoms with E-state index in [2.05, 4.69) is 4.90 Å². The van der Waals surface area contributed by atoms with Crippen LogP contribution < -0.4 is 4.74 Å². The Morgan fingerprint density at radius 3 is 2.26 bits per heavy atom. The van der Waals surface area contributed by atoms with Gasteiger partial charge in [0.05, 0.1) is 4.92 Å². The number of non-ortho nitro benzene ring substituents is 1. The van der Waals surface area contributed by atoms with E-state index in [0.29, 0.717) is 10.8 Å². The lowest BCUT2D eigenvalue weighted by Crippen LogP contribution is -2.18. The van der Waals surface area contributed by atoms with Crippen LogP contribution in [0.25, 0.3) is 0 Å². The summed E-state index contributed by atoms with van der Waals surface area (Å²) in [7, 11) is 4.01. The summed E-state index contributed by atoms with van der Waals surface area (Å²) in [5.74, 6) is 0.606. The van der Waals surface area contributed by atoms with Crippen molar-refractivity contribution in [2.24, 2.45) is 0 Å². The molecular weight excluding hydrogens is 316 g/mol. The summed E-state index contributed by atoms with van der Waals surface area (Å²) in [5, 5.41) is 11.4. The molecule has 0 N–H and O–H groups in total. The lowest BCUT2D eigenvalue weighted by atomic mass is 10.1. The van der Waals surface area contributed by atoms with Crippen molar-refractivity contribution in [2.75, 3.05) is 20.6 Å². The predicted octanol–water partition coefficient (Wildman–Crippen LogP) is 4.32. The van der Waals surface area contributed by atoms with E-state index in [4.69, 9.17) is 16.3 Å². The summed E-state index contributed by atoms with van der Waals surface area (Å²) in [6, 6.07) is 13.7. The van der Waals surface area contributed by atoms with Crippen molar-refractivity contribution in [1.29, 1.82) is 0 Å². The molecule has 0 saturated carbocycles. The van der Waals surface area contributed by atoms with Crippen LogP contribution in [0.15, 0.2) is 48.5 Å². The molecule has 0 fully saturated rings. The smallest absolute Gasteiger partial charge is 0.269 e. The van der Waals surface area contributed by atoms with E-state index < -0.39 is 4.92 Å². The SMILES string of the molecule is CN(C)CCC(Oc1ccc([N+](=O)[O-])cc1)c1ccc(Cl)cc1. The first kappa shape index (κ1) is 17.2. The van der Waals surface area contributed by atoms with Gasteiger partial charge in [-0.3, -0.25) is 10.1 Å². The molecule has 0 aromatic heterocycles. The zero-order valence-electron chi connectivity index (χ0n) is 13.1. The van der Waals surface area contributed by atoms with Crippen molar-refractivity contribution >= 4 is 17.3 Å². The second-order valence-electron chi connectivity index (χ2n) is 5.50. The monoisotopic (exact) mass is 334 g/mol. The highest BCUT2D eigenvalue weighted by atomic mass is 35.5. The predicted molar refractivity (Wildman–Crippen MR) is 91.1 cm³/mol. The molecule has 1 unspecified atom stereocenters. The molecule has 0 radical (unpaired) electrons. The van der Waals surface area contributed by atoms with Crippen LogP contribution in [-0.2, 0) is 0 Å². The largest absolute Gasteiger partial charge is 0.486 e. The summed E-state index contributed by atoms with van der Waals surface area (Å²) >= 11 is 5.94. The number of benzene rings is 2. The summed E-state index contributed by atoms with van der Waals surface area (Å²) in [4.78, 5) is 12.4. The van der Waals surface area contributed by atoms with Crippen LogP contribution in [0.2, 0.25) is 5.02 Å². The van der Waals surface area contributed by atoms with Gasteiger partial charge in [0.1, 0.15) is 11.9 Å². The fraction of sp³-hybridized carbons (Fsp3) is 0.294. The Morgan fingerprint density at radius 2 is 1.74 bits per heavy atom. The van der Waals surface area contributed by atoms with Gasteiger partial charge in [0.15, 0.2) is 0 Å². The first-order valence-electron chi connectivity index (χ1n) is 7.27. The van der Waals surface area contributed by atoms with Gasteiger partial charge in [-0.2, -0.15) is 0 Å². The highest BCUT2D eigenvalue weighted by molar-refractivity contribution is 6.30. The molecule has 0 bridgehead atoms. The first-order valence-corrected chi connectivity index (χ1v) is 7.65. The molecule has 23 heavy (non-hydrogen) atoms. The Hall–Kier alpha value is -2.11. The standard InChI is InChI=1S/C17H19ClN2O3/c1-19(2)12-11-17(13-3-5-14(18)6-4-13)23-16-9-7-15(8-10-16)20(21)22/h3-10,17H,11-12H2,1-2H3. The second kappa shape index (κ2) is 7.94. The average Bonchev–Trinajstić information content (AvgIpc) is 2.52. The molecule has 2 aromatic carbocycles. The molecule has 0 saturated heterocycles. The molecule has 1 atom stereocenters. The molecule has 0 spiro atoms. The quantitative estimate of drug-likeness (QED) is 0.559. The maximum absolute atomic E-state index is 10.7. The van der Waals surface area contributed by atoms with Crippen molar-refractivity contribution in [3.63, 3.8) is 0 Å². The summed E-state index contributed by atoms with van der Waals surface area (Å²) in [6.07, 6.45) is 0.655. The zero-order chi connectivity index (χ0) is 16.8. The molecule has 0 aliphatic heterocycles. The molecule has 6 heteroatoms. The normalized spacial score (nSPS) is 12.2. The van der Waals surface area contributed by atoms with Crippen LogP contribution in [0.4, 0.5) is 5.69 Å². The summed E-state index contributed by atoms with van der Waals surface area (Å²) in [5.41, 5.74) is 1.07. The first-order chi connectivity index (χ1) is 11.0. The highest BCUT2D eigenvalue weighted by Crippen LogP contribution is 2.27. The van der Waals surface area contributed by atoms with E-state index in [1.54, 1.807) is 12.1 Å². The summed E-state index contributed by atoms with van der Waals surface area (Å²) < 4.78 is 6.03. The Labute approximate surface area is 140 Å². The van der Waals surface area contributed by atoms with E-state index in [0.717, 1.165) is 18.5 Å². The van der Waals surface area contributed by atoms with Gasteiger partial charge in [-0.05, 0) is 43.9 Å². The van der Waals surface area contributed by atoms with Gasteiger partial charge < -0.3 is 9.64 Å². The van der Waals surface area contributed by atoms with E-state index in [9.17, 15) is 10.1 Å². The topological polar surface area (TPSA) is 55.6 Å². The molecule has 0 amide bonds. The molecule has 0 aliphatic rings. The maximum atomic E-state index is 10.7. The van der Waals surface area contributed by atoms with Crippen molar-refractivity contribution < 1.29 is 9.66 Å². The van der Waals surface area contributed by atoms with E-state index in [1.807, 2.05) is 38.4 Å². The van der Waals surface area contributed by atoms with Gasteiger partial charge in [0.25, 0.3) is 5.69 Å². The molecule has 122 valence electrons. The minimum Gasteiger partial charge on any atom is -0.486 e. The molecular formula is C17H19ClN2O3. The van der Waals surface area contributed by atoms with Crippen LogP contribution in [-0.4, -0.2) is 30.5 Å². The number of nitro benzene ring substituents is 1. The second-order valence-corrected chi connectivity index (χ2v) is 5.94. The molecule has 0 heterocycles. The Kier molecular flexibility index (Phi) is 5.96. The van der Waals surface area contributed by atoms with Gasteiger partial charge in [-0.15, -0.1) is 0 Å². The highest BCUT2D eigenvalue weighted by Gasteiger charge is 2.15. The zero-order valence-corrected chi connectivity index (χ0v) is 13.9. The number of nitrogens with zero attached hydrogens (tertiary/aromatic N) is 2. The minimum absolute atomic E-state index is 0.0497. The lowest BCUT2D eigenvalue weighted by molar-refractivity contribution is -0.384. The van der Waals surface area contributed by atoms with Gasteiger partial charge in [0, 0.05) is 30.1 Å². The van der Waals surface area contributed by atoms with Crippen LogP contribution in [0.1, 0.15) is 18.1 Å². The number of ether oxygens (including phenoxy) is 1. The van der Waals surface area contributed by atoms with Crippen LogP contribution >= 0.6 is 11.6 Å². The van der Waals surface area contributed by atoms with E-state index in [-0.39, 0.29) is 11.8 Å². The van der Waals surface area contributed by atoms with Crippen LogP contribution in [0.3, 0.4) is 0 Å². The van der Waals surface area contributed by atoms with Crippen molar-refractivity contribution in [3.05, 3.63) is 69.2 Å². The van der Waals surface area contributed by atoms with Crippen molar-refractivity contribution in [1.82, 2.24) is 4.90 Å².